The topological polar surface area (TPSA) is 101 Å². The number of primary amides is 1. The lowest BCUT2D eigenvalue weighted by Crippen LogP contribution is -2.51. The third kappa shape index (κ3) is 5.98. The van der Waals surface area contributed by atoms with Gasteiger partial charge in [-0.2, -0.15) is 0 Å². The van der Waals surface area contributed by atoms with Gasteiger partial charge in [-0.1, -0.05) is 48.5 Å². The van der Waals surface area contributed by atoms with Gasteiger partial charge in [-0.15, -0.1) is 11.3 Å². The largest absolute Gasteiger partial charge is 0.365 e. The van der Waals surface area contributed by atoms with Crippen LogP contribution in [0.2, 0.25) is 0 Å². The third-order valence-electron chi connectivity index (χ3n) is 8.97. The zero-order chi connectivity index (χ0) is 29.3. The van der Waals surface area contributed by atoms with Crippen molar-refractivity contribution in [2.45, 2.75) is 68.5 Å². The zero-order valence-corrected chi connectivity index (χ0v) is 25.5. The normalized spacial score (nSPS) is 23.4. The summed E-state index contributed by atoms with van der Waals surface area (Å²) in [6.45, 7) is 4.83. The minimum Gasteiger partial charge on any atom is -0.365 e. The standard InChI is InChI=1S/C32H39N3O4S2/c1-21(2)34(3)24-14-15-28(23(18-24)20-41(38,39)25-12-8-5-9-13-25)35-17-16-26(32(35)37)29-27(19-40-30(29)31(33)36)22-10-6-4-7-11-22/h4-13,19,21,23-24,26,28H,14-18,20H2,1-3H3,(H2,33,36)/t23-,24+,26-,28-/m0/s1. The molecule has 3 aromatic rings. The van der Waals surface area contributed by atoms with Gasteiger partial charge in [0.05, 0.1) is 21.4 Å². The van der Waals surface area contributed by atoms with Crippen molar-refractivity contribution in [3.8, 4) is 11.1 Å². The number of nitrogens with two attached hydrogens (primary N) is 1. The molecule has 0 unspecified atom stereocenters. The molecule has 5 rings (SSSR count). The summed E-state index contributed by atoms with van der Waals surface area (Å²) in [6, 6.07) is 18.8. The Morgan fingerprint density at radius 1 is 1.05 bits per heavy atom. The second-order valence-corrected chi connectivity index (χ2v) is 14.6. The molecule has 1 aliphatic heterocycles. The van der Waals surface area contributed by atoms with E-state index in [9.17, 15) is 18.0 Å². The van der Waals surface area contributed by atoms with E-state index in [1.807, 2.05) is 46.7 Å². The molecular formula is C32H39N3O4S2. The predicted molar refractivity (Wildman–Crippen MR) is 164 cm³/mol. The lowest BCUT2D eigenvalue weighted by Gasteiger charge is -2.44. The highest BCUT2D eigenvalue weighted by Crippen LogP contribution is 2.44. The summed E-state index contributed by atoms with van der Waals surface area (Å²) in [5.41, 5.74) is 8.31. The van der Waals surface area contributed by atoms with E-state index in [4.69, 9.17) is 5.73 Å². The Hall–Kier alpha value is -3.01. The van der Waals surface area contributed by atoms with Crippen LogP contribution in [0.25, 0.3) is 11.1 Å². The van der Waals surface area contributed by atoms with Gasteiger partial charge in [0, 0.05) is 24.7 Å². The SMILES string of the molecule is CC(C)N(C)[C@@H]1CC[C@H](N2CC[C@@H](c3c(-c4ccccc4)csc3C(N)=O)C2=O)[C@H](CS(=O)(=O)c2ccccc2)C1. The quantitative estimate of drug-likeness (QED) is 0.369. The molecule has 1 aromatic heterocycles. The average Bonchev–Trinajstić information content (AvgIpc) is 3.57. The fraction of sp³-hybridized carbons (Fsp3) is 0.438. The molecule has 1 aliphatic carbocycles. The molecule has 218 valence electrons. The summed E-state index contributed by atoms with van der Waals surface area (Å²) in [5.74, 6) is -1.25. The van der Waals surface area contributed by atoms with E-state index in [2.05, 4.69) is 25.8 Å². The summed E-state index contributed by atoms with van der Waals surface area (Å²) in [5, 5.41) is 1.92. The first kappa shape index (κ1) is 29.5. The fourth-order valence-corrected chi connectivity index (χ4v) is 9.33. The van der Waals surface area contributed by atoms with Gasteiger partial charge < -0.3 is 15.5 Å². The van der Waals surface area contributed by atoms with Crippen LogP contribution in [0.5, 0.6) is 0 Å². The van der Waals surface area contributed by atoms with Gasteiger partial charge in [0.2, 0.25) is 5.91 Å². The summed E-state index contributed by atoms with van der Waals surface area (Å²) >= 11 is 1.29. The Balaban J connectivity index is 1.46. The molecule has 2 heterocycles. The minimum atomic E-state index is -3.54. The van der Waals surface area contributed by atoms with Gasteiger partial charge >= 0.3 is 0 Å². The van der Waals surface area contributed by atoms with Crippen molar-refractivity contribution >= 4 is 33.0 Å². The molecule has 7 nitrogen and oxygen atoms in total. The van der Waals surface area contributed by atoms with Gasteiger partial charge in [0.25, 0.3) is 5.91 Å². The second kappa shape index (κ2) is 12.1. The molecule has 9 heteroatoms. The smallest absolute Gasteiger partial charge is 0.259 e. The van der Waals surface area contributed by atoms with Gasteiger partial charge in [0.15, 0.2) is 9.84 Å². The molecular weight excluding hydrogens is 555 g/mol. The lowest BCUT2D eigenvalue weighted by atomic mass is 9.80. The molecule has 0 bridgehead atoms. The van der Waals surface area contributed by atoms with Gasteiger partial charge in [-0.05, 0) is 86.7 Å². The maximum atomic E-state index is 14.2. The number of sulfone groups is 1. The molecule has 2 amide bonds. The monoisotopic (exact) mass is 593 g/mol. The number of likely N-dealkylation sites (tertiary alicyclic amines) is 1. The molecule has 2 fully saturated rings. The van der Waals surface area contributed by atoms with Crippen LogP contribution in [0, 0.1) is 5.92 Å². The number of hydrogen-bond donors (Lipinski definition) is 1. The van der Waals surface area contributed by atoms with E-state index in [0.29, 0.717) is 40.8 Å². The highest BCUT2D eigenvalue weighted by Gasteiger charge is 2.45. The molecule has 1 saturated heterocycles. The third-order valence-corrected chi connectivity index (χ3v) is 11.8. The van der Waals surface area contributed by atoms with Crippen LogP contribution in [0.3, 0.4) is 0 Å². The Labute approximate surface area is 247 Å². The Morgan fingerprint density at radius 3 is 2.34 bits per heavy atom. The molecule has 0 radical (unpaired) electrons. The number of carbonyl (C=O) groups excluding carboxylic acids is 2. The van der Waals surface area contributed by atoms with Crippen LogP contribution < -0.4 is 5.73 Å². The van der Waals surface area contributed by atoms with E-state index >= 15 is 0 Å². The fourth-order valence-electron chi connectivity index (χ4n) is 6.65. The maximum absolute atomic E-state index is 14.2. The van der Waals surface area contributed by atoms with Crippen molar-refractivity contribution < 1.29 is 18.0 Å². The number of benzene rings is 2. The van der Waals surface area contributed by atoms with Crippen molar-refractivity contribution in [3.05, 3.63) is 76.5 Å². The van der Waals surface area contributed by atoms with E-state index < -0.39 is 21.7 Å². The summed E-state index contributed by atoms with van der Waals surface area (Å²) < 4.78 is 27.1. The summed E-state index contributed by atoms with van der Waals surface area (Å²) in [7, 11) is -1.44. The maximum Gasteiger partial charge on any atom is 0.259 e. The molecule has 2 N–H and O–H groups in total. The zero-order valence-electron chi connectivity index (χ0n) is 23.9. The lowest BCUT2D eigenvalue weighted by molar-refractivity contribution is -0.132. The summed E-state index contributed by atoms with van der Waals surface area (Å²) in [4.78, 5) is 31.6. The molecule has 0 spiro atoms. The van der Waals surface area contributed by atoms with Crippen molar-refractivity contribution in [2.24, 2.45) is 11.7 Å². The van der Waals surface area contributed by atoms with Crippen LogP contribution in [-0.4, -0.2) is 67.5 Å². The number of thiophene rings is 1. The van der Waals surface area contributed by atoms with Crippen molar-refractivity contribution in [3.63, 3.8) is 0 Å². The first-order chi connectivity index (χ1) is 19.6. The van der Waals surface area contributed by atoms with Crippen molar-refractivity contribution in [2.75, 3.05) is 19.3 Å². The molecule has 4 atom stereocenters. The van der Waals surface area contributed by atoms with E-state index in [0.717, 1.165) is 24.0 Å². The predicted octanol–water partition coefficient (Wildman–Crippen LogP) is 5.18. The molecule has 41 heavy (non-hydrogen) atoms. The van der Waals surface area contributed by atoms with E-state index in [1.54, 1.807) is 24.3 Å². The highest BCUT2D eigenvalue weighted by molar-refractivity contribution is 7.91. The Kier molecular flexibility index (Phi) is 8.68. The van der Waals surface area contributed by atoms with Crippen LogP contribution >= 0.6 is 11.3 Å². The van der Waals surface area contributed by atoms with E-state index in [1.165, 1.54) is 11.3 Å². The van der Waals surface area contributed by atoms with Gasteiger partial charge in [-0.25, -0.2) is 8.42 Å². The van der Waals surface area contributed by atoms with Crippen LogP contribution in [0.1, 0.15) is 60.7 Å². The van der Waals surface area contributed by atoms with Crippen molar-refractivity contribution in [1.29, 1.82) is 0 Å². The first-order valence-corrected chi connectivity index (χ1v) is 16.9. The summed E-state index contributed by atoms with van der Waals surface area (Å²) in [6.07, 6.45) is 2.92. The minimum absolute atomic E-state index is 0.00118. The number of amides is 2. The van der Waals surface area contributed by atoms with Crippen LogP contribution in [0.4, 0.5) is 0 Å². The van der Waals surface area contributed by atoms with Crippen LogP contribution in [-0.2, 0) is 14.6 Å². The number of hydrogen-bond acceptors (Lipinski definition) is 6. The Morgan fingerprint density at radius 2 is 1.71 bits per heavy atom. The van der Waals surface area contributed by atoms with Crippen molar-refractivity contribution in [1.82, 2.24) is 9.80 Å². The van der Waals surface area contributed by atoms with Crippen LogP contribution in [0.15, 0.2) is 70.9 Å². The number of carbonyl (C=O) groups is 2. The van der Waals surface area contributed by atoms with E-state index in [-0.39, 0.29) is 29.7 Å². The second-order valence-electron chi connectivity index (χ2n) is 11.6. The number of rotatable bonds is 9. The average molecular weight is 594 g/mol. The molecule has 2 aliphatic rings. The molecule has 2 aromatic carbocycles. The Bertz CT molecular complexity index is 1490. The first-order valence-electron chi connectivity index (χ1n) is 14.3. The van der Waals surface area contributed by atoms with Gasteiger partial charge in [0.1, 0.15) is 0 Å². The molecule has 1 saturated carbocycles. The number of nitrogens with zero attached hydrogens (tertiary/aromatic N) is 2. The highest BCUT2D eigenvalue weighted by atomic mass is 32.2. The van der Waals surface area contributed by atoms with Gasteiger partial charge in [-0.3, -0.25) is 9.59 Å².